The normalized spacial score (nSPS) is 32.2. The predicted octanol–water partition coefficient (Wildman–Crippen LogP) is 3.63. The van der Waals surface area contributed by atoms with Gasteiger partial charge in [-0.1, -0.05) is 19.1 Å². The summed E-state index contributed by atoms with van der Waals surface area (Å²) in [5, 5.41) is 10.7. The summed E-state index contributed by atoms with van der Waals surface area (Å²) in [5.41, 5.74) is 0.447. The van der Waals surface area contributed by atoms with Crippen molar-refractivity contribution in [2.24, 2.45) is 5.92 Å². The van der Waals surface area contributed by atoms with Crippen LogP contribution in [0.1, 0.15) is 51.0 Å². The number of rotatable bonds is 3. The van der Waals surface area contributed by atoms with Gasteiger partial charge in [-0.05, 0) is 62.1 Å². The van der Waals surface area contributed by atoms with Crippen molar-refractivity contribution in [1.29, 1.82) is 0 Å². The maximum atomic E-state index is 10.7. The number of hydrogen-bond donors (Lipinski definition) is 1. The van der Waals surface area contributed by atoms with E-state index in [1.54, 1.807) is 0 Å². The fourth-order valence-electron chi connectivity index (χ4n) is 2.75. The summed E-state index contributed by atoms with van der Waals surface area (Å²) < 4.78 is 5.74. The van der Waals surface area contributed by atoms with E-state index in [1.165, 1.54) is 12.8 Å². The van der Waals surface area contributed by atoms with E-state index in [1.807, 2.05) is 24.3 Å². The number of hydrogen-bond acceptors (Lipinski definition) is 2. The van der Waals surface area contributed by atoms with E-state index >= 15 is 0 Å². The molecule has 98 valence electrons. The smallest absolute Gasteiger partial charge is 0.119 e. The average Bonchev–Trinajstić information content (AvgIpc) is 3.18. The fourth-order valence-corrected chi connectivity index (χ4v) is 2.75. The average molecular weight is 246 g/mol. The molecule has 2 heteroatoms. The molecule has 0 saturated heterocycles. The summed E-state index contributed by atoms with van der Waals surface area (Å²) in [4.78, 5) is 0. The van der Waals surface area contributed by atoms with Gasteiger partial charge in [0, 0.05) is 0 Å². The van der Waals surface area contributed by atoms with Crippen LogP contribution in [0, 0.1) is 5.92 Å². The molecule has 1 aromatic rings. The van der Waals surface area contributed by atoms with Crippen molar-refractivity contribution in [2.45, 2.75) is 57.2 Å². The highest BCUT2D eigenvalue weighted by Gasteiger charge is 2.33. The molecule has 3 rings (SSSR count). The van der Waals surface area contributed by atoms with Crippen molar-refractivity contribution in [1.82, 2.24) is 0 Å². The van der Waals surface area contributed by atoms with Gasteiger partial charge < -0.3 is 9.84 Å². The SMILES string of the molecule is CC1CCC(O)(c2ccc(OC3CC3)cc2)CC1. The molecule has 0 heterocycles. The Morgan fingerprint density at radius 1 is 1.06 bits per heavy atom. The van der Waals surface area contributed by atoms with E-state index < -0.39 is 5.60 Å². The van der Waals surface area contributed by atoms with Gasteiger partial charge in [0.05, 0.1) is 11.7 Å². The van der Waals surface area contributed by atoms with Crippen LogP contribution in [0.2, 0.25) is 0 Å². The van der Waals surface area contributed by atoms with E-state index in [0.717, 1.165) is 42.9 Å². The topological polar surface area (TPSA) is 29.5 Å². The Kier molecular flexibility index (Phi) is 3.06. The van der Waals surface area contributed by atoms with Crippen molar-refractivity contribution in [3.05, 3.63) is 29.8 Å². The van der Waals surface area contributed by atoms with Crippen LogP contribution in [0.4, 0.5) is 0 Å². The predicted molar refractivity (Wildman–Crippen MR) is 71.6 cm³/mol. The molecule has 0 aliphatic heterocycles. The first-order valence-corrected chi connectivity index (χ1v) is 7.15. The molecular weight excluding hydrogens is 224 g/mol. The van der Waals surface area contributed by atoms with Gasteiger partial charge in [0.25, 0.3) is 0 Å². The zero-order valence-electron chi connectivity index (χ0n) is 11.1. The van der Waals surface area contributed by atoms with Crippen LogP contribution in [0.5, 0.6) is 5.75 Å². The zero-order chi connectivity index (χ0) is 12.6. The first-order chi connectivity index (χ1) is 8.66. The molecule has 0 radical (unpaired) electrons. The Labute approximate surface area is 109 Å². The molecule has 2 aliphatic carbocycles. The summed E-state index contributed by atoms with van der Waals surface area (Å²) in [5.74, 6) is 1.69. The Morgan fingerprint density at radius 2 is 1.67 bits per heavy atom. The van der Waals surface area contributed by atoms with E-state index in [0.29, 0.717) is 6.10 Å². The third-order valence-electron chi connectivity index (χ3n) is 4.32. The Morgan fingerprint density at radius 3 is 2.22 bits per heavy atom. The molecular formula is C16H22O2. The van der Waals surface area contributed by atoms with E-state index in [2.05, 4.69) is 6.92 Å². The molecule has 0 unspecified atom stereocenters. The molecule has 0 atom stereocenters. The molecule has 2 nitrogen and oxygen atoms in total. The molecule has 2 aliphatic rings. The van der Waals surface area contributed by atoms with Crippen LogP contribution >= 0.6 is 0 Å². The van der Waals surface area contributed by atoms with E-state index in [4.69, 9.17) is 4.74 Å². The van der Waals surface area contributed by atoms with Crippen LogP contribution in [-0.2, 0) is 5.60 Å². The lowest BCUT2D eigenvalue weighted by Crippen LogP contribution is -2.30. The largest absolute Gasteiger partial charge is 0.490 e. The summed E-state index contributed by atoms with van der Waals surface area (Å²) in [7, 11) is 0. The minimum absolute atomic E-state index is 0.439. The van der Waals surface area contributed by atoms with Gasteiger partial charge in [-0.25, -0.2) is 0 Å². The second-order valence-electron chi connectivity index (χ2n) is 6.06. The van der Waals surface area contributed by atoms with Gasteiger partial charge >= 0.3 is 0 Å². The summed E-state index contributed by atoms with van der Waals surface area (Å²) in [6, 6.07) is 8.08. The van der Waals surface area contributed by atoms with Crippen LogP contribution in [0.15, 0.2) is 24.3 Å². The molecule has 0 spiro atoms. The molecule has 1 aromatic carbocycles. The Bertz CT molecular complexity index is 398. The molecule has 1 N–H and O–H groups in total. The monoisotopic (exact) mass is 246 g/mol. The summed E-state index contributed by atoms with van der Waals surface area (Å²) >= 11 is 0. The van der Waals surface area contributed by atoms with Crippen molar-refractivity contribution >= 4 is 0 Å². The first-order valence-electron chi connectivity index (χ1n) is 7.15. The number of aliphatic hydroxyl groups is 1. The number of benzene rings is 1. The zero-order valence-corrected chi connectivity index (χ0v) is 11.1. The fraction of sp³-hybridized carbons (Fsp3) is 0.625. The van der Waals surface area contributed by atoms with Crippen LogP contribution in [0.25, 0.3) is 0 Å². The Balaban J connectivity index is 1.70. The molecule has 0 amide bonds. The van der Waals surface area contributed by atoms with Crippen molar-refractivity contribution in [3.63, 3.8) is 0 Å². The molecule has 2 saturated carbocycles. The van der Waals surface area contributed by atoms with E-state index in [9.17, 15) is 5.11 Å². The van der Waals surface area contributed by atoms with Gasteiger partial charge in [0.1, 0.15) is 5.75 Å². The Hall–Kier alpha value is -1.02. The minimum atomic E-state index is -0.607. The van der Waals surface area contributed by atoms with Crippen molar-refractivity contribution < 1.29 is 9.84 Å². The lowest BCUT2D eigenvalue weighted by molar-refractivity contribution is -0.0120. The summed E-state index contributed by atoms with van der Waals surface area (Å²) in [6.07, 6.45) is 6.82. The van der Waals surface area contributed by atoms with Crippen LogP contribution in [-0.4, -0.2) is 11.2 Å². The highest BCUT2D eigenvalue weighted by atomic mass is 16.5. The lowest BCUT2D eigenvalue weighted by Gasteiger charge is -2.35. The number of ether oxygens (including phenoxy) is 1. The molecule has 2 fully saturated rings. The molecule has 18 heavy (non-hydrogen) atoms. The third kappa shape index (κ3) is 2.54. The standard InChI is InChI=1S/C16H22O2/c1-12-8-10-16(17,11-9-12)13-2-4-14(5-3-13)18-15-6-7-15/h2-5,12,15,17H,6-11H2,1H3. The second kappa shape index (κ2) is 4.58. The van der Waals surface area contributed by atoms with Gasteiger partial charge in [-0.3, -0.25) is 0 Å². The molecule has 0 bridgehead atoms. The lowest BCUT2D eigenvalue weighted by atomic mass is 9.76. The minimum Gasteiger partial charge on any atom is -0.490 e. The van der Waals surface area contributed by atoms with E-state index in [-0.39, 0.29) is 0 Å². The third-order valence-corrected chi connectivity index (χ3v) is 4.32. The van der Waals surface area contributed by atoms with Crippen molar-refractivity contribution in [2.75, 3.05) is 0 Å². The second-order valence-corrected chi connectivity index (χ2v) is 6.06. The van der Waals surface area contributed by atoms with Crippen LogP contribution < -0.4 is 4.74 Å². The van der Waals surface area contributed by atoms with Gasteiger partial charge in [0.15, 0.2) is 0 Å². The summed E-state index contributed by atoms with van der Waals surface area (Å²) in [6.45, 7) is 2.27. The highest BCUT2D eigenvalue weighted by molar-refractivity contribution is 5.31. The maximum Gasteiger partial charge on any atom is 0.119 e. The highest BCUT2D eigenvalue weighted by Crippen LogP contribution is 2.39. The van der Waals surface area contributed by atoms with Gasteiger partial charge in [-0.2, -0.15) is 0 Å². The van der Waals surface area contributed by atoms with Gasteiger partial charge in [0.2, 0.25) is 0 Å². The van der Waals surface area contributed by atoms with Crippen LogP contribution in [0.3, 0.4) is 0 Å². The maximum absolute atomic E-state index is 10.7. The molecule has 0 aromatic heterocycles. The van der Waals surface area contributed by atoms with Crippen molar-refractivity contribution in [3.8, 4) is 5.75 Å². The first kappa shape index (κ1) is 12.0. The van der Waals surface area contributed by atoms with Gasteiger partial charge in [-0.15, -0.1) is 0 Å². The quantitative estimate of drug-likeness (QED) is 0.882.